The van der Waals surface area contributed by atoms with Crippen molar-refractivity contribution in [1.29, 1.82) is 0 Å². The average Bonchev–Trinajstić information content (AvgIpc) is 3.38. The number of esters is 1. The Balaban J connectivity index is 1.46. The molecule has 0 bridgehead atoms. The molecular formula is C28H28ClFN6O5. The largest absolute Gasteiger partial charge is 0.464 e. The molecule has 1 unspecified atom stereocenters. The predicted octanol–water partition coefficient (Wildman–Crippen LogP) is 5.92. The molecule has 11 nitrogen and oxygen atoms in total. The van der Waals surface area contributed by atoms with Crippen LogP contribution in [-0.4, -0.2) is 50.4 Å². The lowest BCUT2D eigenvalue weighted by Gasteiger charge is -2.19. The summed E-state index contributed by atoms with van der Waals surface area (Å²) in [6, 6.07) is 11.8. The fraction of sp³-hybridized carbons (Fsp3) is 0.286. The van der Waals surface area contributed by atoms with E-state index in [-0.39, 0.29) is 35.6 Å². The molecule has 2 aromatic heterocycles. The topological polar surface area (TPSA) is 141 Å². The van der Waals surface area contributed by atoms with Crippen molar-refractivity contribution in [2.75, 3.05) is 17.2 Å². The first-order valence-electron chi connectivity index (χ1n) is 12.7. The smallest absolute Gasteiger partial charge is 0.412 e. The first kappa shape index (κ1) is 29.4. The summed E-state index contributed by atoms with van der Waals surface area (Å²) >= 11 is 5.84. The number of anilines is 2. The lowest BCUT2D eigenvalue weighted by Crippen LogP contribution is -2.34. The standard InChI is InChI=1S/C28H28ClFN6O5/c1-5-39-25(37)21(33-22-12-13-31-26(29)34-22)15-16-6-11-19(20(30)14-16)23-35-24(41-36-23)17-7-9-18(10-8-17)32-27(38)40-28(2,3)4/h6-14,21H,5,15H2,1-4H3,(H,32,38)(H,31,33,34). The maximum absolute atomic E-state index is 15.2. The number of hydrogen-bond acceptors (Lipinski definition) is 10. The molecule has 0 aliphatic heterocycles. The second kappa shape index (κ2) is 12.7. The number of carbonyl (C=O) groups excluding carboxylic acids is 2. The summed E-state index contributed by atoms with van der Waals surface area (Å²) < 4.78 is 30.9. The number of ether oxygens (including phenoxy) is 2. The van der Waals surface area contributed by atoms with Gasteiger partial charge in [0.05, 0.1) is 12.2 Å². The summed E-state index contributed by atoms with van der Waals surface area (Å²) in [6.45, 7) is 7.19. The predicted molar refractivity (Wildman–Crippen MR) is 150 cm³/mol. The van der Waals surface area contributed by atoms with Gasteiger partial charge in [-0.15, -0.1) is 0 Å². The highest BCUT2D eigenvalue weighted by molar-refractivity contribution is 6.28. The van der Waals surface area contributed by atoms with Crippen LogP contribution in [0.4, 0.5) is 20.7 Å². The van der Waals surface area contributed by atoms with Crippen LogP contribution in [0.15, 0.2) is 59.3 Å². The van der Waals surface area contributed by atoms with Crippen molar-refractivity contribution >= 4 is 35.2 Å². The summed E-state index contributed by atoms with van der Waals surface area (Å²) in [5.74, 6) is -0.576. The maximum atomic E-state index is 15.2. The monoisotopic (exact) mass is 582 g/mol. The molecule has 2 N–H and O–H groups in total. The van der Waals surface area contributed by atoms with Crippen LogP contribution < -0.4 is 10.6 Å². The van der Waals surface area contributed by atoms with Crippen LogP contribution >= 0.6 is 11.6 Å². The SMILES string of the molecule is CCOC(=O)C(Cc1ccc(-c2noc(-c3ccc(NC(=O)OC(C)(C)C)cc3)n2)c(F)c1)Nc1ccnc(Cl)n1. The summed E-state index contributed by atoms with van der Waals surface area (Å²) in [7, 11) is 0. The molecule has 13 heteroatoms. The minimum absolute atomic E-state index is 0.0147. The number of rotatable bonds is 9. The third-order valence-corrected chi connectivity index (χ3v) is 5.62. The highest BCUT2D eigenvalue weighted by atomic mass is 35.5. The number of hydrogen-bond donors (Lipinski definition) is 2. The minimum atomic E-state index is -0.851. The van der Waals surface area contributed by atoms with E-state index in [2.05, 4.69) is 30.7 Å². The Morgan fingerprint density at radius 3 is 2.51 bits per heavy atom. The molecule has 1 amide bonds. The van der Waals surface area contributed by atoms with E-state index in [4.69, 9.17) is 25.6 Å². The lowest BCUT2D eigenvalue weighted by molar-refractivity contribution is -0.144. The molecular weight excluding hydrogens is 555 g/mol. The molecule has 0 saturated carbocycles. The zero-order valence-corrected chi connectivity index (χ0v) is 23.5. The van der Waals surface area contributed by atoms with Crippen molar-refractivity contribution in [3.05, 3.63) is 71.4 Å². The Morgan fingerprint density at radius 1 is 1.10 bits per heavy atom. The van der Waals surface area contributed by atoms with Crippen molar-refractivity contribution < 1.29 is 28.0 Å². The fourth-order valence-electron chi connectivity index (χ4n) is 3.70. The van der Waals surface area contributed by atoms with Gasteiger partial charge in [-0.1, -0.05) is 11.2 Å². The number of halogens is 2. The molecule has 2 heterocycles. The summed E-state index contributed by atoms with van der Waals surface area (Å²) in [5.41, 5.74) is 1.11. The van der Waals surface area contributed by atoms with Crippen molar-refractivity contribution in [1.82, 2.24) is 20.1 Å². The van der Waals surface area contributed by atoms with Crippen molar-refractivity contribution in [2.24, 2.45) is 0 Å². The normalized spacial score (nSPS) is 12.0. The Bertz CT molecular complexity index is 1520. The molecule has 1 atom stereocenters. The third-order valence-electron chi connectivity index (χ3n) is 5.44. The van der Waals surface area contributed by atoms with Crippen LogP contribution in [0.3, 0.4) is 0 Å². The number of carbonyl (C=O) groups is 2. The molecule has 4 rings (SSSR count). The second-order valence-corrected chi connectivity index (χ2v) is 10.1. The van der Waals surface area contributed by atoms with E-state index in [0.717, 1.165) is 0 Å². The number of aromatic nitrogens is 4. The lowest BCUT2D eigenvalue weighted by atomic mass is 10.0. The quantitative estimate of drug-likeness (QED) is 0.180. The van der Waals surface area contributed by atoms with E-state index in [1.807, 2.05) is 0 Å². The van der Waals surface area contributed by atoms with E-state index in [9.17, 15) is 9.59 Å². The van der Waals surface area contributed by atoms with Gasteiger partial charge in [-0.05, 0) is 87.3 Å². The Hall–Kier alpha value is -4.58. The second-order valence-electron chi connectivity index (χ2n) is 9.81. The van der Waals surface area contributed by atoms with Gasteiger partial charge in [0, 0.05) is 23.9 Å². The molecule has 0 aliphatic carbocycles. The Kier molecular flexibility index (Phi) is 9.13. The molecule has 0 saturated heterocycles. The minimum Gasteiger partial charge on any atom is -0.464 e. The third kappa shape index (κ3) is 8.21. The Morgan fingerprint density at radius 2 is 1.85 bits per heavy atom. The first-order chi connectivity index (χ1) is 19.5. The van der Waals surface area contributed by atoms with Crippen LogP contribution in [-0.2, 0) is 20.7 Å². The van der Waals surface area contributed by atoms with Gasteiger partial charge >= 0.3 is 12.1 Å². The van der Waals surface area contributed by atoms with Crippen LogP contribution in [0.2, 0.25) is 5.28 Å². The molecule has 0 spiro atoms. The van der Waals surface area contributed by atoms with Gasteiger partial charge in [-0.3, -0.25) is 5.32 Å². The van der Waals surface area contributed by atoms with Crippen LogP contribution in [0, 0.1) is 5.82 Å². The van der Waals surface area contributed by atoms with Gasteiger partial charge in [-0.2, -0.15) is 4.98 Å². The molecule has 41 heavy (non-hydrogen) atoms. The molecule has 2 aromatic carbocycles. The maximum Gasteiger partial charge on any atom is 0.412 e. The van der Waals surface area contributed by atoms with E-state index >= 15 is 4.39 Å². The summed E-state index contributed by atoms with van der Waals surface area (Å²) in [6.07, 6.45) is 0.980. The van der Waals surface area contributed by atoms with Gasteiger partial charge in [-0.25, -0.2) is 23.9 Å². The molecule has 0 aliphatic rings. The molecule has 0 fully saturated rings. The van der Waals surface area contributed by atoms with Crippen molar-refractivity contribution in [3.8, 4) is 22.8 Å². The average molecular weight is 583 g/mol. The molecule has 4 aromatic rings. The van der Waals surface area contributed by atoms with Crippen LogP contribution in [0.25, 0.3) is 22.8 Å². The Labute approximate surface area is 240 Å². The zero-order chi connectivity index (χ0) is 29.6. The van der Waals surface area contributed by atoms with Crippen molar-refractivity contribution in [3.63, 3.8) is 0 Å². The van der Waals surface area contributed by atoms with Gasteiger partial charge < -0.3 is 19.3 Å². The fourth-order valence-corrected chi connectivity index (χ4v) is 3.85. The van der Waals surface area contributed by atoms with Gasteiger partial charge in [0.2, 0.25) is 11.1 Å². The van der Waals surface area contributed by atoms with E-state index in [0.29, 0.717) is 22.6 Å². The summed E-state index contributed by atoms with van der Waals surface area (Å²) in [4.78, 5) is 36.7. The number of nitrogens with zero attached hydrogens (tertiary/aromatic N) is 4. The van der Waals surface area contributed by atoms with Crippen LogP contribution in [0.1, 0.15) is 33.3 Å². The van der Waals surface area contributed by atoms with E-state index < -0.39 is 29.5 Å². The van der Waals surface area contributed by atoms with Gasteiger partial charge in [0.25, 0.3) is 5.89 Å². The zero-order valence-electron chi connectivity index (χ0n) is 22.8. The van der Waals surface area contributed by atoms with E-state index in [1.165, 1.54) is 18.3 Å². The van der Waals surface area contributed by atoms with Gasteiger partial charge in [0.1, 0.15) is 23.3 Å². The van der Waals surface area contributed by atoms with E-state index in [1.54, 1.807) is 64.1 Å². The number of nitrogens with one attached hydrogen (secondary N) is 2. The van der Waals surface area contributed by atoms with Crippen LogP contribution in [0.5, 0.6) is 0 Å². The van der Waals surface area contributed by atoms with Crippen molar-refractivity contribution in [2.45, 2.75) is 45.8 Å². The highest BCUT2D eigenvalue weighted by Crippen LogP contribution is 2.26. The molecule has 214 valence electrons. The van der Waals surface area contributed by atoms with Gasteiger partial charge in [0.15, 0.2) is 0 Å². The summed E-state index contributed by atoms with van der Waals surface area (Å²) in [5, 5.41) is 9.53. The number of amides is 1. The number of benzene rings is 2. The highest BCUT2D eigenvalue weighted by Gasteiger charge is 2.23. The first-order valence-corrected chi connectivity index (χ1v) is 13.0. The molecule has 0 radical (unpaired) electrons.